The Morgan fingerprint density at radius 3 is 2.75 bits per heavy atom. The van der Waals surface area contributed by atoms with Crippen LogP contribution in [0.15, 0.2) is 48.8 Å². The predicted octanol–water partition coefficient (Wildman–Crippen LogP) is 1.47. The fraction of sp³-hybridized carbons (Fsp3) is 0.167. The van der Waals surface area contributed by atoms with Crippen LogP contribution in [0.2, 0.25) is 0 Å². The van der Waals surface area contributed by atoms with E-state index in [0.717, 1.165) is 10.4 Å². The second-order valence-electron chi connectivity index (χ2n) is 3.36. The molecule has 0 amide bonds. The molecule has 0 aliphatic carbocycles. The maximum Gasteiger partial charge on any atom is 0.335 e. The van der Waals surface area contributed by atoms with Crippen molar-refractivity contribution in [2.75, 3.05) is 0 Å². The number of carbonyl (C=O) groups excluding carboxylic acids is 1. The second kappa shape index (κ2) is 5.11. The fourth-order valence-corrected chi connectivity index (χ4v) is 1.35. The third-order valence-corrected chi connectivity index (χ3v) is 2.14. The van der Waals surface area contributed by atoms with Crippen molar-refractivity contribution in [1.82, 2.24) is 9.94 Å². The van der Waals surface area contributed by atoms with E-state index in [4.69, 9.17) is 4.84 Å². The zero-order valence-electron chi connectivity index (χ0n) is 8.74. The van der Waals surface area contributed by atoms with Crippen LogP contribution in [0.3, 0.4) is 0 Å². The summed E-state index contributed by atoms with van der Waals surface area (Å²) in [7, 11) is 0. The average molecular weight is 216 g/mol. The van der Waals surface area contributed by atoms with Gasteiger partial charge in [-0.25, -0.2) is 4.79 Å². The van der Waals surface area contributed by atoms with E-state index in [1.165, 1.54) is 0 Å². The second-order valence-corrected chi connectivity index (χ2v) is 3.36. The minimum atomic E-state index is -0.285. The Kier molecular flexibility index (Phi) is 3.33. The number of aryl methyl sites for hydroxylation is 1. The van der Waals surface area contributed by atoms with Gasteiger partial charge < -0.3 is 4.84 Å². The third-order valence-electron chi connectivity index (χ3n) is 2.14. The van der Waals surface area contributed by atoms with Crippen LogP contribution in [0.25, 0.3) is 0 Å². The molecule has 0 spiro atoms. The standard InChI is InChI=1S/C12H12N2O2/c15-12(16-14-10-4-9-13-14)8-7-11-5-2-1-3-6-11/h1-6,9-10H,7-8H2. The summed E-state index contributed by atoms with van der Waals surface area (Å²) in [5, 5.41) is 3.78. The summed E-state index contributed by atoms with van der Waals surface area (Å²) in [6.07, 6.45) is 4.18. The van der Waals surface area contributed by atoms with Gasteiger partial charge in [0.1, 0.15) is 0 Å². The molecule has 16 heavy (non-hydrogen) atoms. The highest BCUT2D eigenvalue weighted by atomic mass is 16.7. The summed E-state index contributed by atoms with van der Waals surface area (Å²) in [5.74, 6) is -0.285. The van der Waals surface area contributed by atoms with Gasteiger partial charge in [-0.3, -0.25) is 0 Å². The average Bonchev–Trinajstić information content (AvgIpc) is 2.81. The number of nitrogens with zero attached hydrogens (tertiary/aromatic N) is 2. The molecule has 0 aliphatic heterocycles. The summed E-state index contributed by atoms with van der Waals surface area (Å²) in [4.78, 5) is 17.5. The lowest BCUT2D eigenvalue weighted by Crippen LogP contribution is -2.20. The molecular weight excluding hydrogens is 204 g/mol. The number of aromatic nitrogens is 2. The lowest BCUT2D eigenvalue weighted by atomic mass is 10.1. The van der Waals surface area contributed by atoms with Crippen LogP contribution in [0.5, 0.6) is 0 Å². The van der Waals surface area contributed by atoms with Crippen LogP contribution in [0.4, 0.5) is 0 Å². The van der Waals surface area contributed by atoms with Crippen molar-refractivity contribution in [3.05, 3.63) is 54.4 Å². The molecule has 0 unspecified atom stereocenters. The highest BCUT2D eigenvalue weighted by Gasteiger charge is 2.04. The van der Waals surface area contributed by atoms with Gasteiger partial charge in [0.15, 0.2) is 0 Å². The molecule has 0 atom stereocenters. The number of rotatable bonds is 4. The third kappa shape index (κ3) is 2.95. The molecule has 2 rings (SSSR count). The van der Waals surface area contributed by atoms with Crippen molar-refractivity contribution in [3.8, 4) is 0 Å². The molecule has 0 aliphatic rings. The van der Waals surface area contributed by atoms with Crippen molar-refractivity contribution in [2.45, 2.75) is 12.8 Å². The lowest BCUT2D eigenvalue weighted by Gasteiger charge is -2.02. The highest BCUT2D eigenvalue weighted by Crippen LogP contribution is 2.02. The first-order chi connectivity index (χ1) is 7.84. The number of hydrogen-bond donors (Lipinski definition) is 0. The van der Waals surface area contributed by atoms with Gasteiger partial charge >= 0.3 is 5.97 Å². The Morgan fingerprint density at radius 1 is 1.25 bits per heavy atom. The van der Waals surface area contributed by atoms with Crippen molar-refractivity contribution in [3.63, 3.8) is 0 Å². The van der Waals surface area contributed by atoms with Crippen molar-refractivity contribution in [2.24, 2.45) is 0 Å². The van der Waals surface area contributed by atoms with Crippen LogP contribution in [-0.2, 0) is 11.2 Å². The van der Waals surface area contributed by atoms with Crippen molar-refractivity contribution < 1.29 is 9.63 Å². The molecule has 1 aromatic heterocycles. The van der Waals surface area contributed by atoms with Crippen LogP contribution < -0.4 is 4.84 Å². The molecule has 4 heteroatoms. The Bertz CT molecular complexity index is 437. The van der Waals surface area contributed by atoms with E-state index < -0.39 is 0 Å². The number of benzene rings is 1. The van der Waals surface area contributed by atoms with Crippen molar-refractivity contribution >= 4 is 5.97 Å². The first-order valence-electron chi connectivity index (χ1n) is 5.09. The monoisotopic (exact) mass is 216 g/mol. The maximum absolute atomic E-state index is 11.4. The first-order valence-corrected chi connectivity index (χ1v) is 5.09. The molecule has 0 saturated carbocycles. The molecule has 1 heterocycles. The Labute approximate surface area is 93.4 Å². The van der Waals surface area contributed by atoms with Crippen LogP contribution >= 0.6 is 0 Å². The van der Waals surface area contributed by atoms with Crippen LogP contribution in [0.1, 0.15) is 12.0 Å². The van der Waals surface area contributed by atoms with Gasteiger partial charge in [0.2, 0.25) is 0 Å². The van der Waals surface area contributed by atoms with E-state index in [2.05, 4.69) is 5.10 Å². The van der Waals surface area contributed by atoms with Gasteiger partial charge in [0.05, 0.1) is 18.8 Å². The molecule has 0 radical (unpaired) electrons. The summed E-state index contributed by atoms with van der Waals surface area (Å²) in [6, 6.07) is 11.5. The fourth-order valence-electron chi connectivity index (χ4n) is 1.35. The van der Waals surface area contributed by atoms with E-state index in [1.807, 2.05) is 30.3 Å². The first kappa shape index (κ1) is 10.4. The van der Waals surface area contributed by atoms with E-state index in [0.29, 0.717) is 12.8 Å². The molecule has 0 bridgehead atoms. The summed E-state index contributed by atoms with van der Waals surface area (Å²) in [6.45, 7) is 0. The maximum atomic E-state index is 11.4. The largest absolute Gasteiger partial charge is 0.335 e. The van der Waals surface area contributed by atoms with E-state index in [-0.39, 0.29) is 5.97 Å². The molecule has 0 N–H and O–H groups in total. The van der Waals surface area contributed by atoms with Crippen LogP contribution in [-0.4, -0.2) is 15.9 Å². The number of hydrogen-bond acceptors (Lipinski definition) is 3. The van der Waals surface area contributed by atoms with Gasteiger partial charge in [-0.05, 0) is 18.1 Å². The lowest BCUT2D eigenvalue weighted by molar-refractivity contribution is -0.145. The van der Waals surface area contributed by atoms with Crippen molar-refractivity contribution in [1.29, 1.82) is 0 Å². The zero-order chi connectivity index (χ0) is 11.2. The normalized spacial score (nSPS) is 10.0. The number of carbonyl (C=O) groups is 1. The summed E-state index contributed by atoms with van der Waals surface area (Å²) < 4.78 is 0. The predicted molar refractivity (Wildman–Crippen MR) is 58.6 cm³/mol. The molecule has 4 nitrogen and oxygen atoms in total. The summed E-state index contributed by atoms with van der Waals surface area (Å²) >= 11 is 0. The Balaban J connectivity index is 1.80. The molecule has 2 aromatic rings. The molecule has 0 fully saturated rings. The van der Waals surface area contributed by atoms with E-state index in [9.17, 15) is 4.79 Å². The van der Waals surface area contributed by atoms with Gasteiger partial charge in [0.25, 0.3) is 0 Å². The van der Waals surface area contributed by atoms with Gasteiger partial charge in [0, 0.05) is 0 Å². The minimum absolute atomic E-state index is 0.285. The van der Waals surface area contributed by atoms with Crippen LogP contribution in [0, 0.1) is 0 Å². The smallest absolute Gasteiger partial charge is 0.319 e. The van der Waals surface area contributed by atoms with Gasteiger partial charge in [-0.1, -0.05) is 35.2 Å². The molecule has 82 valence electrons. The summed E-state index contributed by atoms with van der Waals surface area (Å²) in [5.41, 5.74) is 1.12. The SMILES string of the molecule is O=C(CCc1ccccc1)On1cccn1. The quantitative estimate of drug-likeness (QED) is 0.777. The minimum Gasteiger partial charge on any atom is -0.319 e. The topological polar surface area (TPSA) is 44.1 Å². The highest BCUT2D eigenvalue weighted by molar-refractivity contribution is 5.69. The Morgan fingerprint density at radius 2 is 2.06 bits per heavy atom. The van der Waals surface area contributed by atoms with E-state index in [1.54, 1.807) is 18.5 Å². The molecule has 0 saturated heterocycles. The molecule has 1 aromatic carbocycles. The van der Waals surface area contributed by atoms with Gasteiger partial charge in [-0.2, -0.15) is 0 Å². The zero-order valence-corrected chi connectivity index (χ0v) is 8.74. The van der Waals surface area contributed by atoms with E-state index >= 15 is 0 Å². The molecular formula is C12H12N2O2. The Hall–Kier alpha value is -2.10. The van der Waals surface area contributed by atoms with Gasteiger partial charge in [-0.15, -0.1) is 5.10 Å².